The van der Waals surface area contributed by atoms with Crippen LogP contribution < -0.4 is 5.32 Å². The molecule has 0 aromatic carbocycles. The number of amides is 1. The fourth-order valence-electron chi connectivity index (χ4n) is 2.67. The Bertz CT molecular complexity index is 579. The van der Waals surface area contributed by atoms with Crippen LogP contribution in [0.15, 0.2) is 17.6 Å². The maximum atomic E-state index is 12.1. The number of rotatable bonds is 4. The highest BCUT2D eigenvalue weighted by atomic mass is 32.2. The van der Waals surface area contributed by atoms with Gasteiger partial charge >= 0.3 is 0 Å². The average Bonchev–Trinajstić information content (AvgIpc) is 2.78. The summed E-state index contributed by atoms with van der Waals surface area (Å²) in [4.78, 5) is 15.7. The minimum absolute atomic E-state index is 0.0654. The van der Waals surface area contributed by atoms with E-state index in [0.717, 1.165) is 19.3 Å². The molecule has 1 aliphatic carbocycles. The highest BCUT2D eigenvalue weighted by Crippen LogP contribution is 2.23. The molecule has 0 saturated heterocycles. The minimum atomic E-state index is -3.68. The summed E-state index contributed by atoms with van der Waals surface area (Å²) in [7, 11) is -2.08. The lowest BCUT2D eigenvalue weighted by Gasteiger charge is -2.29. The van der Waals surface area contributed by atoms with Crippen LogP contribution in [0.1, 0.15) is 32.6 Å². The topological polar surface area (TPSA) is 81.1 Å². The van der Waals surface area contributed by atoms with Crippen molar-refractivity contribution in [3.8, 4) is 0 Å². The number of nitrogens with one attached hydrogen (secondary N) is 1. The van der Waals surface area contributed by atoms with Gasteiger partial charge in [0.05, 0.1) is 0 Å². The van der Waals surface area contributed by atoms with E-state index in [-0.39, 0.29) is 11.2 Å². The van der Waals surface area contributed by atoms with Gasteiger partial charge in [0, 0.05) is 25.5 Å². The largest absolute Gasteiger partial charge is 0.352 e. The number of aryl methyl sites for hydroxylation is 1. The van der Waals surface area contributed by atoms with Crippen LogP contribution >= 0.6 is 0 Å². The van der Waals surface area contributed by atoms with Gasteiger partial charge in [-0.05, 0) is 18.8 Å². The lowest BCUT2D eigenvalue weighted by Crippen LogP contribution is -2.43. The molecule has 20 heavy (non-hydrogen) atoms. The van der Waals surface area contributed by atoms with Gasteiger partial charge < -0.3 is 9.88 Å². The zero-order valence-corrected chi connectivity index (χ0v) is 12.7. The molecule has 2 rings (SSSR count). The van der Waals surface area contributed by atoms with Crippen LogP contribution in [0.3, 0.4) is 0 Å². The quantitative estimate of drug-likeness (QED) is 0.895. The number of hydrogen-bond acceptors (Lipinski definition) is 4. The lowest BCUT2D eigenvalue weighted by atomic mass is 9.86. The van der Waals surface area contributed by atoms with Crippen molar-refractivity contribution in [2.45, 2.75) is 43.8 Å². The van der Waals surface area contributed by atoms with Gasteiger partial charge in [-0.1, -0.05) is 19.8 Å². The lowest BCUT2D eigenvalue weighted by molar-refractivity contribution is -0.119. The van der Waals surface area contributed by atoms with Gasteiger partial charge in [-0.2, -0.15) is 0 Å². The van der Waals surface area contributed by atoms with Crippen LogP contribution in [-0.4, -0.2) is 35.7 Å². The maximum Gasteiger partial charge on any atom is 0.235 e. The second-order valence-electron chi connectivity index (χ2n) is 5.52. The average molecular weight is 299 g/mol. The van der Waals surface area contributed by atoms with Gasteiger partial charge in [0.15, 0.2) is 0 Å². The predicted octanol–water partition coefficient (Wildman–Crippen LogP) is 0.889. The molecule has 112 valence electrons. The summed E-state index contributed by atoms with van der Waals surface area (Å²) in [6, 6.07) is 0.0906. The number of sulfone groups is 1. The summed E-state index contributed by atoms with van der Waals surface area (Å²) in [6.45, 7) is 2.09. The molecule has 0 spiro atoms. The van der Waals surface area contributed by atoms with E-state index in [2.05, 4.69) is 17.2 Å². The summed E-state index contributed by atoms with van der Waals surface area (Å²) in [5.74, 6) is -0.573. The van der Waals surface area contributed by atoms with E-state index in [0.29, 0.717) is 5.92 Å². The van der Waals surface area contributed by atoms with Crippen molar-refractivity contribution in [3.05, 3.63) is 12.4 Å². The molecule has 0 aliphatic heterocycles. The summed E-state index contributed by atoms with van der Waals surface area (Å²) in [5.41, 5.74) is 0. The van der Waals surface area contributed by atoms with Crippen LogP contribution in [0.4, 0.5) is 0 Å². The number of hydrogen-bond donors (Lipinski definition) is 1. The van der Waals surface area contributed by atoms with Crippen LogP contribution in [0.5, 0.6) is 0 Å². The van der Waals surface area contributed by atoms with Crippen molar-refractivity contribution in [1.82, 2.24) is 14.9 Å². The minimum Gasteiger partial charge on any atom is -0.352 e. The zero-order chi connectivity index (χ0) is 14.8. The molecule has 1 heterocycles. The molecular weight excluding hydrogens is 278 g/mol. The van der Waals surface area contributed by atoms with Gasteiger partial charge in [0.2, 0.25) is 20.9 Å². The number of aromatic nitrogens is 2. The number of carbonyl (C=O) groups is 1. The second-order valence-corrected chi connectivity index (χ2v) is 7.40. The zero-order valence-electron chi connectivity index (χ0n) is 11.9. The van der Waals surface area contributed by atoms with E-state index in [1.165, 1.54) is 17.2 Å². The van der Waals surface area contributed by atoms with Crippen LogP contribution in [0.25, 0.3) is 0 Å². The molecule has 1 saturated carbocycles. The first-order valence-corrected chi connectivity index (χ1v) is 8.55. The fraction of sp³-hybridized carbons (Fsp3) is 0.692. The molecule has 1 N–H and O–H groups in total. The Balaban J connectivity index is 1.99. The summed E-state index contributed by atoms with van der Waals surface area (Å²) in [5, 5.41) is 2.79. The number of carbonyl (C=O) groups excluding carboxylic acids is 1. The van der Waals surface area contributed by atoms with Crippen molar-refractivity contribution < 1.29 is 13.2 Å². The molecule has 1 aliphatic rings. The van der Waals surface area contributed by atoms with E-state index in [1.54, 1.807) is 13.2 Å². The Morgan fingerprint density at radius 2 is 2.15 bits per heavy atom. The Hall–Kier alpha value is -1.37. The molecule has 0 unspecified atom stereocenters. The summed E-state index contributed by atoms with van der Waals surface area (Å²) in [6.07, 6.45) is 7.23. The third-order valence-electron chi connectivity index (χ3n) is 3.83. The third kappa shape index (κ3) is 3.39. The molecular formula is C13H21N3O3S. The molecule has 7 heteroatoms. The smallest absolute Gasteiger partial charge is 0.235 e. The van der Waals surface area contributed by atoms with Crippen molar-refractivity contribution in [1.29, 1.82) is 0 Å². The van der Waals surface area contributed by atoms with E-state index in [9.17, 15) is 13.2 Å². The maximum absolute atomic E-state index is 12.1. The van der Waals surface area contributed by atoms with Crippen LogP contribution in [-0.2, 0) is 21.7 Å². The van der Waals surface area contributed by atoms with Gasteiger partial charge in [-0.3, -0.25) is 4.79 Å². The van der Waals surface area contributed by atoms with Gasteiger partial charge in [0.1, 0.15) is 5.75 Å². The molecule has 0 bridgehead atoms. The van der Waals surface area contributed by atoms with E-state index in [4.69, 9.17) is 0 Å². The number of nitrogens with zero attached hydrogens (tertiary/aromatic N) is 2. The highest BCUT2D eigenvalue weighted by Gasteiger charge is 2.27. The normalized spacial score (nSPS) is 23.5. The predicted molar refractivity (Wildman–Crippen MR) is 74.8 cm³/mol. The van der Waals surface area contributed by atoms with Crippen LogP contribution in [0, 0.1) is 5.92 Å². The van der Waals surface area contributed by atoms with Gasteiger partial charge in [-0.25, -0.2) is 13.4 Å². The molecule has 2 atom stereocenters. The molecule has 0 radical (unpaired) electrons. The monoisotopic (exact) mass is 299 g/mol. The second kappa shape index (κ2) is 5.95. The summed E-state index contributed by atoms with van der Waals surface area (Å²) < 4.78 is 25.6. The van der Waals surface area contributed by atoms with Gasteiger partial charge in [-0.15, -0.1) is 0 Å². The Labute approximate surface area is 119 Å². The fourth-order valence-corrected chi connectivity index (χ4v) is 3.95. The molecule has 1 amide bonds. The van der Waals surface area contributed by atoms with Crippen molar-refractivity contribution >= 4 is 15.7 Å². The van der Waals surface area contributed by atoms with E-state index in [1.807, 2.05) is 0 Å². The van der Waals surface area contributed by atoms with E-state index >= 15 is 0 Å². The molecule has 1 aromatic heterocycles. The standard InChI is InChI=1S/C13H21N3O3S/c1-10-5-3-4-6-11(10)15-12(17)9-20(18,19)13-14-7-8-16(13)2/h7-8,10-11H,3-6,9H2,1-2H3,(H,15,17)/t10-,11-/m0/s1. The van der Waals surface area contributed by atoms with Crippen molar-refractivity contribution in [3.63, 3.8) is 0 Å². The highest BCUT2D eigenvalue weighted by molar-refractivity contribution is 7.91. The van der Waals surface area contributed by atoms with Crippen molar-refractivity contribution in [2.24, 2.45) is 13.0 Å². The van der Waals surface area contributed by atoms with Gasteiger partial charge in [0.25, 0.3) is 0 Å². The SMILES string of the molecule is C[C@H]1CCCC[C@@H]1NC(=O)CS(=O)(=O)c1nccn1C. The number of imidazole rings is 1. The Morgan fingerprint density at radius 1 is 1.45 bits per heavy atom. The first-order valence-electron chi connectivity index (χ1n) is 6.89. The summed E-state index contributed by atoms with van der Waals surface area (Å²) >= 11 is 0. The molecule has 6 nitrogen and oxygen atoms in total. The Kier molecular flexibility index (Phi) is 4.47. The first kappa shape index (κ1) is 15.0. The van der Waals surface area contributed by atoms with Crippen molar-refractivity contribution in [2.75, 3.05) is 5.75 Å². The molecule has 1 aromatic rings. The third-order valence-corrected chi connectivity index (χ3v) is 5.43. The van der Waals surface area contributed by atoms with Crippen LogP contribution in [0.2, 0.25) is 0 Å². The first-order chi connectivity index (χ1) is 9.40. The molecule has 1 fully saturated rings. The van der Waals surface area contributed by atoms with E-state index < -0.39 is 21.5 Å². The Morgan fingerprint density at radius 3 is 2.75 bits per heavy atom.